The van der Waals surface area contributed by atoms with Crippen molar-refractivity contribution in [3.8, 4) is 0 Å². The summed E-state index contributed by atoms with van der Waals surface area (Å²) in [7, 11) is 2.60. The van der Waals surface area contributed by atoms with Gasteiger partial charge in [-0.25, -0.2) is 118 Å². The Balaban J connectivity index is 0.000000141. The van der Waals surface area contributed by atoms with E-state index in [-0.39, 0.29) is 47.1 Å². The lowest BCUT2D eigenvalue weighted by Crippen LogP contribution is -2.12. The number of rotatable bonds is 12. The van der Waals surface area contributed by atoms with E-state index in [4.69, 9.17) is 28.7 Å². The summed E-state index contributed by atoms with van der Waals surface area (Å²) in [5, 5.41) is 5.96. The van der Waals surface area contributed by atoms with Crippen LogP contribution in [0.2, 0.25) is 0 Å². The SMILES string of the molecule is CC(C)n1cc(F)c2c(N)ncnc21.CC(C)n1cc(F)c2cncnc21.CC(C)n1ccc2c(N)ncnc21.CC(C)n1ccc2cncnc21.CC(C)n1cnc2c(=O)[nH]c(N)nc21.CC(C)n1cnc2c(N)ccnc21.CC(C)n1cnc2c(N)ncnc21.CC(C)n1cnc2c(NCP)ncnc21.CC(C)n1cnc2cccnc21.CC(C)n1cnc2cncnc21. The van der Waals surface area contributed by atoms with Gasteiger partial charge in [0.15, 0.2) is 62.7 Å². The fourth-order valence-corrected chi connectivity index (χ4v) is 13.5. The van der Waals surface area contributed by atoms with Crippen molar-refractivity contribution in [2.24, 2.45) is 0 Å². The van der Waals surface area contributed by atoms with Crippen LogP contribution in [0, 0.1) is 11.6 Å². The summed E-state index contributed by atoms with van der Waals surface area (Å²) in [6, 6.07) is 12.9. The maximum Gasteiger partial charge on any atom is 0.280 e. The number of halogens is 2. The fourth-order valence-electron chi connectivity index (χ4n) is 13.3. The van der Waals surface area contributed by atoms with Crippen LogP contribution in [0.3, 0.4) is 0 Å². The molecule has 0 saturated carbocycles. The standard InChI is InChI=1S/C9H11FN4.C9H10FN3.C9H14N5P.2C9H12N4.2C9H11N3.C8H11N5O.C8H11N5.C8H10N4/c1-5(2)14-3-6(10)7-8(11)12-4-13-9(7)14;1-6(2)13-4-8(10)7-3-11-5-12-9(7)13;1-6(2)14-4-12-7-8(13-5-15)10-3-11-9(7)14;1-6(2)13-5-12-8-7(10)3-4-11-9(8)13;1-6(2)13-4-3-7-8(10)11-5-12-9(7)13;1-7(2)12-4-3-8-5-10-6-11-9(8)12;1-7(2)12-6-11-8-4-3-5-10-9(8)12;1-4(2)13-3-10-5-6(13)11-8(9)12-7(5)14;1-5(2)13-4-12-6-7(9)10-3-11-8(6)13;1-6(2)12-5-11-7-3-9-4-10-8(7)12/h3-5H,1-2H3,(H2,11,12,13);3-6H,1-2H3;3-4,6H,5,15H2,1-2H3,(H,10,11,13);3-6H,1-2H3,(H2,10,11);3-6H,1-2H3,(H2,10,11,12);2*3-7H,1-2H3;3-4H,1-2H3,(H3,9,11,12,14);3-5H,1-2H3,(H2,9,10,11);3-6H,1-2H3. The maximum absolute atomic E-state index is 13.4. The number of fused-ring (bicyclic) bond motifs is 10. The number of nitrogen functional groups attached to an aromatic ring is 5. The third-order valence-electron chi connectivity index (χ3n) is 20.0. The maximum atomic E-state index is 13.4. The normalized spacial score (nSPS) is 11.3. The van der Waals surface area contributed by atoms with E-state index in [1.165, 1.54) is 43.9 Å². The first-order valence-corrected chi connectivity index (χ1v) is 43.2. The molecule has 0 aromatic carbocycles. The molecule has 20 aromatic rings. The molecular formula is C87H113F2N40OP. The van der Waals surface area contributed by atoms with Crippen LogP contribution in [0.25, 0.3) is 111 Å². The Bertz CT molecular complexity index is 6780. The Kier molecular flexibility index (Phi) is 32.1. The van der Waals surface area contributed by atoms with E-state index in [0.29, 0.717) is 98.4 Å². The molecule has 0 aliphatic heterocycles. The van der Waals surface area contributed by atoms with Crippen molar-refractivity contribution in [3.05, 3.63) is 190 Å². The van der Waals surface area contributed by atoms with Gasteiger partial charge in [0.25, 0.3) is 5.56 Å². The average Bonchev–Trinajstić information content (AvgIpc) is 1.64. The second-order valence-corrected chi connectivity index (χ2v) is 33.0. The molecule has 0 saturated heterocycles. The number of nitrogens with one attached hydrogen (secondary N) is 2. The summed E-state index contributed by atoms with van der Waals surface area (Å²) >= 11 is 0. The van der Waals surface area contributed by atoms with E-state index in [1.54, 1.807) is 89.0 Å². The predicted molar refractivity (Wildman–Crippen MR) is 513 cm³/mol. The molecule has 20 heterocycles. The lowest BCUT2D eigenvalue weighted by atomic mass is 10.3. The van der Waals surface area contributed by atoms with E-state index in [1.807, 2.05) is 109 Å². The van der Waals surface area contributed by atoms with Gasteiger partial charge in [-0.1, -0.05) is 0 Å². The third kappa shape index (κ3) is 22.7. The number of hydrogen-bond donors (Lipinski definition) is 7. The van der Waals surface area contributed by atoms with Crippen LogP contribution < -0.4 is 39.5 Å². The largest absolute Gasteiger partial charge is 0.397 e. The molecule has 686 valence electrons. The number of aromatic nitrogens is 34. The van der Waals surface area contributed by atoms with Crippen LogP contribution in [-0.4, -0.2) is 172 Å². The number of nitrogens with zero attached hydrogens (tertiary/aromatic N) is 33. The van der Waals surface area contributed by atoms with Gasteiger partial charge in [0, 0.05) is 122 Å². The van der Waals surface area contributed by atoms with Crippen LogP contribution in [-0.2, 0) is 0 Å². The van der Waals surface area contributed by atoms with Gasteiger partial charge >= 0.3 is 0 Å². The zero-order valence-corrected chi connectivity index (χ0v) is 78.1. The zero-order chi connectivity index (χ0) is 94.8. The Hall–Kier alpha value is -15.2. The first-order chi connectivity index (χ1) is 62.6. The van der Waals surface area contributed by atoms with Gasteiger partial charge in [-0.05, 0) is 169 Å². The highest BCUT2D eigenvalue weighted by atomic mass is 31.0. The van der Waals surface area contributed by atoms with Gasteiger partial charge in [0.2, 0.25) is 5.95 Å². The van der Waals surface area contributed by atoms with Crippen LogP contribution in [0.5, 0.6) is 0 Å². The highest BCUT2D eigenvalue weighted by molar-refractivity contribution is 7.16. The molecule has 20 aromatic heterocycles. The summed E-state index contributed by atoms with van der Waals surface area (Å²) in [6.45, 7) is 41.3. The molecule has 131 heavy (non-hydrogen) atoms. The molecule has 0 aliphatic rings. The topological polar surface area (TPSA) is 521 Å². The molecule has 0 aliphatic carbocycles. The highest BCUT2D eigenvalue weighted by Gasteiger charge is 2.19. The van der Waals surface area contributed by atoms with E-state index in [0.717, 1.165) is 84.5 Å². The van der Waals surface area contributed by atoms with Crippen molar-refractivity contribution in [2.45, 2.75) is 199 Å². The molecule has 44 heteroatoms. The Morgan fingerprint density at radius 3 is 1.37 bits per heavy atom. The molecule has 0 amide bonds. The second-order valence-electron chi connectivity index (χ2n) is 32.6. The zero-order valence-electron chi connectivity index (χ0n) is 77.0. The van der Waals surface area contributed by atoms with Crippen molar-refractivity contribution >= 4 is 155 Å². The van der Waals surface area contributed by atoms with Crippen molar-refractivity contribution in [1.82, 2.24) is 165 Å². The van der Waals surface area contributed by atoms with Crippen LogP contribution in [0.1, 0.15) is 199 Å². The number of hydrogen-bond acceptors (Lipinski definition) is 30. The van der Waals surface area contributed by atoms with Crippen molar-refractivity contribution < 1.29 is 8.78 Å². The molecule has 1 atom stereocenters. The monoisotopic (exact) mass is 1800 g/mol. The van der Waals surface area contributed by atoms with Crippen molar-refractivity contribution in [1.29, 1.82) is 0 Å². The number of H-pyrrole nitrogens is 1. The van der Waals surface area contributed by atoms with Gasteiger partial charge in [0.1, 0.15) is 106 Å². The van der Waals surface area contributed by atoms with E-state index in [2.05, 4.69) is 245 Å². The molecule has 1 unspecified atom stereocenters. The van der Waals surface area contributed by atoms with Gasteiger partial charge in [-0.3, -0.25) is 9.78 Å². The molecular weight excluding hydrogens is 1690 g/mol. The van der Waals surface area contributed by atoms with E-state index >= 15 is 0 Å². The number of nitrogens with two attached hydrogens (primary N) is 5. The van der Waals surface area contributed by atoms with E-state index in [9.17, 15) is 13.6 Å². The Labute approximate surface area is 755 Å². The Morgan fingerprint density at radius 2 is 0.771 bits per heavy atom. The number of anilines is 6. The lowest BCUT2D eigenvalue weighted by Gasteiger charge is -2.07. The highest BCUT2D eigenvalue weighted by Crippen LogP contribution is 2.29. The average molecular weight is 1800 g/mol. The summed E-state index contributed by atoms with van der Waals surface area (Å²) in [5.41, 5.74) is 41.0. The quantitative estimate of drug-likeness (QED) is 0.0559. The summed E-state index contributed by atoms with van der Waals surface area (Å²) < 4.78 is 46.4. The minimum Gasteiger partial charge on any atom is -0.397 e. The Morgan fingerprint density at radius 1 is 0.351 bits per heavy atom. The van der Waals surface area contributed by atoms with E-state index < -0.39 is 0 Å². The first kappa shape index (κ1) is 96.4. The molecule has 0 radical (unpaired) electrons. The van der Waals surface area contributed by atoms with Gasteiger partial charge in [-0.15, -0.1) is 9.24 Å². The predicted octanol–water partition coefficient (Wildman–Crippen LogP) is 15.4. The fraction of sp³-hybridized carbons (Fsp3) is 0.356. The smallest absolute Gasteiger partial charge is 0.280 e. The summed E-state index contributed by atoms with van der Waals surface area (Å²) in [5.74, 6) is 1.44. The van der Waals surface area contributed by atoms with Gasteiger partial charge in [0.05, 0.1) is 66.0 Å². The lowest BCUT2D eigenvalue weighted by molar-refractivity contribution is 0.585. The molecule has 0 bridgehead atoms. The van der Waals surface area contributed by atoms with Crippen LogP contribution in [0.15, 0.2) is 173 Å². The molecule has 20 rings (SSSR count). The van der Waals surface area contributed by atoms with Crippen molar-refractivity contribution in [2.75, 3.05) is 40.3 Å². The van der Waals surface area contributed by atoms with Gasteiger partial charge < -0.3 is 79.7 Å². The number of aromatic amines is 1. The van der Waals surface area contributed by atoms with Crippen LogP contribution >= 0.6 is 9.24 Å². The second kappa shape index (κ2) is 43.5. The van der Waals surface area contributed by atoms with Crippen LogP contribution in [0.4, 0.5) is 43.7 Å². The molecule has 0 fully saturated rings. The van der Waals surface area contributed by atoms with Crippen molar-refractivity contribution in [3.63, 3.8) is 0 Å². The minimum atomic E-state index is -0.369. The minimum absolute atomic E-state index is 0.116. The third-order valence-corrected chi connectivity index (χ3v) is 20.3. The van der Waals surface area contributed by atoms with Gasteiger partial charge in [-0.2, -0.15) is 4.98 Å². The molecule has 41 nitrogen and oxygen atoms in total. The summed E-state index contributed by atoms with van der Waals surface area (Å²) in [6.07, 6.45) is 37.2. The molecule has 12 N–H and O–H groups in total. The first-order valence-electron chi connectivity index (χ1n) is 42.4. The summed E-state index contributed by atoms with van der Waals surface area (Å²) in [4.78, 5) is 108. The number of imidazole rings is 6. The molecule has 0 spiro atoms. The number of pyridine rings is 2.